The van der Waals surface area contributed by atoms with Gasteiger partial charge in [-0.1, -0.05) is 11.6 Å². The molecule has 0 bridgehead atoms. The number of rotatable bonds is 4. The van der Waals surface area contributed by atoms with Gasteiger partial charge in [0, 0.05) is 29.3 Å². The maximum atomic E-state index is 12.3. The zero-order valence-electron chi connectivity index (χ0n) is 14.8. The Morgan fingerprint density at radius 2 is 2.19 bits per heavy atom. The number of nitrogens with one attached hydrogen (secondary N) is 1. The van der Waals surface area contributed by atoms with E-state index in [1.807, 2.05) is 0 Å². The third-order valence-electron chi connectivity index (χ3n) is 4.34. The van der Waals surface area contributed by atoms with Gasteiger partial charge in [0.25, 0.3) is 0 Å². The number of carbonyl (C=O) groups excluding carboxylic acids is 1. The van der Waals surface area contributed by atoms with Crippen LogP contribution in [0.5, 0.6) is 11.5 Å². The lowest BCUT2D eigenvalue weighted by Crippen LogP contribution is -3.08. The lowest BCUT2D eigenvalue weighted by Gasteiger charge is -2.19. The molecule has 0 amide bonds. The van der Waals surface area contributed by atoms with Crippen molar-refractivity contribution in [2.75, 3.05) is 27.8 Å². The van der Waals surface area contributed by atoms with E-state index in [0.717, 1.165) is 30.0 Å². The summed E-state index contributed by atoms with van der Waals surface area (Å²) in [6.07, 6.45) is 2.30. The van der Waals surface area contributed by atoms with Crippen LogP contribution in [0, 0.1) is 0 Å². The molecule has 1 unspecified atom stereocenters. The number of hydrogen-bond donors (Lipinski definition) is 2. The minimum absolute atomic E-state index is 0.0502. The molecule has 0 aliphatic carbocycles. The highest BCUT2D eigenvalue weighted by Crippen LogP contribution is 2.38. The molecule has 26 heavy (non-hydrogen) atoms. The van der Waals surface area contributed by atoms with Gasteiger partial charge in [0.15, 0.2) is 11.5 Å². The quantitative estimate of drug-likeness (QED) is 0.615. The second kappa shape index (κ2) is 7.65. The van der Waals surface area contributed by atoms with Gasteiger partial charge in [0.05, 0.1) is 32.7 Å². The monoisotopic (exact) mass is 395 g/mol. The van der Waals surface area contributed by atoms with E-state index in [-0.39, 0.29) is 17.5 Å². The van der Waals surface area contributed by atoms with Crippen molar-refractivity contribution in [3.8, 4) is 11.5 Å². The molecule has 0 spiro atoms. The molecule has 138 valence electrons. The third-order valence-corrected chi connectivity index (χ3v) is 5.69. The van der Waals surface area contributed by atoms with E-state index in [1.54, 1.807) is 6.07 Å². The Morgan fingerprint density at radius 3 is 2.88 bits per heavy atom. The number of likely N-dealkylation sites (N-methyl/N-ethyl adjacent to an activating group) is 1. The number of nitrogens with zero attached hydrogens (tertiary/aromatic N) is 1. The fraction of sp³-hybridized carbons (Fsp3) is 0.333. The van der Waals surface area contributed by atoms with Crippen LogP contribution in [0.25, 0.3) is 0 Å². The van der Waals surface area contributed by atoms with Gasteiger partial charge >= 0.3 is 5.97 Å². The Hall–Kier alpha value is -2.09. The molecule has 0 fully saturated rings. The van der Waals surface area contributed by atoms with Crippen LogP contribution in [0.1, 0.15) is 26.4 Å². The summed E-state index contributed by atoms with van der Waals surface area (Å²) in [5.74, 6) is -0.171. The Balaban J connectivity index is 2.04. The van der Waals surface area contributed by atoms with Crippen LogP contribution in [0.4, 0.5) is 5.00 Å². The van der Waals surface area contributed by atoms with E-state index in [4.69, 9.17) is 21.1 Å². The first-order valence-corrected chi connectivity index (χ1v) is 9.28. The smallest absolute Gasteiger partial charge is 0.341 e. The van der Waals surface area contributed by atoms with Crippen molar-refractivity contribution in [3.05, 3.63) is 38.7 Å². The number of aliphatic imine (C=N–C) groups is 1. The van der Waals surface area contributed by atoms with Gasteiger partial charge in [-0.05, 0) is 11.6 Å². The van der Waals surface area contributed by atoms with Gasteiger partial charge < -0.3 is 19.5 Å². The SMILES string of the molecule is COC(=O)c1c(/N=C/c2cc(Cl)cc(OC)c2O)sc2c1CC[NH+](C)C2. The molecule has 0 saturated heterocycles. The first kappa shape index (κ1) is 18.7. The van der Waals surface area contributed by atoms with Crippen molar-refractivity contribution >= 4 is 40.1 Å². The Labute approximate surface area is 160 Å². The van der Waals surface area contributed by atoms with Crippen molar-refractivity contribution in [2.24, 2.45) is 4.99 Å². The average molecular weight is 396 g/mol. The van der Waals surface area contributed by atoms with Crippen molar-refractivity contribution in [1.82, 2.24) is 0 Å². The van der Waals surface area contributed by atoms with E-state index < -0.39 is 0 Å². The van der Waals surface area contributed by atoms with E-state index in [2.05, 4.69) is 12.0 Å². The van der Waals surface area contributed by atoms with Crippen molar-refractivity contribution in [2.45, 2.75) is 13.0 Å². The molecule has 1 aliphatic heterocycles. The zero-order valence-corrected chi connectivity index (χ0v) is 16.3. The molecule has 1 atom stereocenters. The number of hydrogen-bond acceptors (Lipinski definition) is 6. The van der Waals surface area contributed by atoms with Crippen LogP contribution < -0.4 is 9.64 Å². The molecule has 0 saturated carbocycles. The largest absolute Gasteiger partial charge is 0.504 e. The van der Waals surface area contributed by atoms with Crippen LogP contribution in [0.3, 0.4) is 0 Å². The fourth-order valence-corrected chi connectivity index (χ4v) is 4.50. The zero-order chi connectivity index (χ0) is 18.8. The summed E-state index contributed by atoms with van der Waals surface area (Å²) in [7, 11) is 4.95. The summed E-state index contributed by atoms with van der Waals surface area (Å²) in [6.45, 7) is 1.82. The van der Waals surface area contributed by atoms with E-state index in [0.29, 0.717) is 21.2 Å². The van der Waals surface area contributed by atoms with Gasteiger partial charge in [-0.25, -0.2) is 9.79 Å². The van der Waals surface area contributed by atoms with Gasteiger partial charge in [-0.2, -0.15) is 0 Å². The summed E-state index contributed by atoms with van der Waals surface area (Å²) in [6, 6.07) is 3.11. The summed E-state index contributed by atoms with van der Waals surface area (Å²) >= 11 is 7.54. The molecular formula is C18H20ClN2O4S+. The first-order chi connectivity index (χ1) is 12.4. The number of thiophene rings is 1. The Morgan fingerprint density at radius 1 is 1.42 bits per heavy atom. The maximum absolute atomic E-state index is 12.3. The highest BCUT2D eigenvalue weighted by molar-refractivity contribution is 7.16. The number of quaternary nitrogens is 1. The normalized spacial score (nSPS) is 16.5. The molecule has 1 aromatic carbocycles. The maximum Gasteiger partial charge on any atom is 0.341 e. The number of carbonyl (C=O) groups is 1. The number of esters is 1. The molecule has 2 heterocycles. The molecule has 1 aromatic heterocycles. The minimum atomic E-state index is -0.387. The topological polar surface area (TPSA) is 72.6 Å². The van der Waals surface area contributed by atoms with Crippen molar-refractivity contribution < 1.29 is 24.3 Å². The van der Waals surface area contributed by atoms with Crippen LogP contribution in [-0.4, -0.2) is 45.1 Å². The predicted octanol–water partition coefficient (Wildman–Crippen LogP) is 2.22. The van der Waals surface area contributed by atoms with Crippen LogP contribution in [0.2, 0.25) is 5.02 Å². The number of ether oxygens (including phenoxy) is 2. The predicted molar refractivity (Wildman–Crippen MR) is 102 cm³/mol. The number of benzene rings is 1. The molecule has 2 N–H and O–H groups in total. The van der Waals surface area contributed by atoms with Gasteiger partial charge in [0.1, 0.15) is 17.1 Å². The molecule has 8 heteroatoms. The van der Waals surface area contributed by atoms with Crippen molar-refractivity contribution in [1.29, 1.82) is 0 Å². The van der Waals surface area contributed by atoms with Crippen LogP contribution in [-0.2, 0) is 17.7 Å². The number of aromatic hydroxyl groups is 1. The lowest BCUT2D eigenvalue weighted by molar-refractivity contribution is -0.895. The van der Waals surface area contributed by atoms with Gasteiger partial charge in [-0.15, -0.1) is 11.3 Å². The van der Waals surface area contributed by atoms with Gasteiger partial charge in [0.2, 0.25) is 0 Å². The van der Waals surface area contributed by atoms with E-state index in [9.17, 15) is 9.90 Å². The number of fused-ring (bicyclic) bond motifs is 1. The summed E-state index contributed by atoms with van der Waals surface area (Å²) < 4.78 is 10.1. The molecular weight excluding hydrogens is 376 g/mol. The number of phenolic OH excluding ortho intramolecular Hbond substituents is 1. The Bertz CT molecular complexity index is 879. The molecule has 1 aliphatic rings. The second-order valence-corrected chi connectivity index (χ2v) is 7.63. The van der Waals surface area contributed by atoms with Crippen LogP contribution >= 0.6 is 22.9 Å². The second-order valence-electron chi connectivity index (χ2n) is 6.11. The lowest BCUT2D eigenvalue weighted by atomic mass is 10.0. The molecule has 2 aromatic rings. The Kier molecular flexibility index (Phi) is 5.50. The molecule has 3 rings (SSSR count). The summed E-state index contributed by atoms with van der Waals surface area (Å²) in [5, 5.41) is 11.2. The summed E-state index contributed by atoms with van der Waals surface area (Å²) in [5.41, 5.74) is 1.96. The van der Waals surface area contributed by atoms with E-state index in [1.165, 1.54) is 42.7 Å². The molecule has 0 radical (unpaired) electrons. The van der Waals surface area contributed by atoms with Crippen LogP contribution in [0.15, 0.2) is 17.1 Å². The molecule has 6 nitrogen and oxygen atoms in total. The highest BCUT2D eigenvalue weighted by atomic mass is 35.5. The standard InChI is InChI=1S/C18H19ClN2O4S/c1-21-5-4-12-14(9-21)26-17(15(12)18(23)25-3)20-8-10-6-11(19)7-13(24-2)16(10)22/h6-8,22H,4-5,9H2,1-3H3/p+1/b20-8+. The van der Waals surface area contributed by atoms with Gasteiger partial charge in [-0.3, -0.25) is 0 Å². The number of halogens is 1. The number of methoxy groups -OCH3 is 2. The number of phenols is 1. The summed E-state index contributed by atoms with van der Waals surface area (Å²) in [4.78, 5) is 19.3. The highest BCUT2D eigenvalue weighted by Gasteiger charge is 2.29. The average Bonchev–Trinajstić information content (AvgIpc) is 2.98. The fourth-order valence-electron chi connectivity index (χ4n) is 2.99. The third kappa shape index (κ3) is 3.56. The minimum Gasteiger partial charge on any atom is -0.504 e. The first-order valence-electron chi connectivity index (χ1n) is 8.09. The van der Waals surface area contributed by atoms with E-state index >= 15 is 0 Å². The van der Waals surface area contributed by atoms with Crippen molar-refractivity contribution in [3.63, 3.8) is 0 Å².